The normalized spacial score (nSPS) is 16.8. The lowest BCUT2D eigenvalue weighted by Gasteiger charge is -2.43. The Morgan fingerprint density at radius 3 is 2.43 bits per heavy atom. The van der Waals surface area contributed by atoms with Crippen molar-refractivity contribution in [1.29, 1.82) is 0 Å². The summed E-state index contributed by atoms with van der Waals surface area (Å²) < 4.78 is 0. The minimum atomic E-state index is -0.319. The van der Waals surface area contributed by atoms with Gasteiger partial charge < -0.3 is 10.6 Å². The molecule has 1 aromatic carbocycles. The number of nitrogens with two attached hydrogens (primary N) is 1. The molecule has 1 aliphatic heterocycles. The number of halogens is 1. The molecular weight excluding hydrogens is 306 g/mol. The van der Waals surface area contributed by atoms with Gasteiger partial charge in [-0.15, -0.1) is 0 Å². The second-order valence-corrected chi connectivity index (χ2v) is 6.59. The first kappa shape index (κ1) is 16.2. The Morgan fingerprint density at radius 1 is 1.29 bits per heavy atom. The molecule has 1 amide bonds. The van der Waals surface area contributed by atoms with Crippen LogP contribution in [0.3, 0.4) is 0 Å². The van der Waals surface area contributed by atoms with Crippen LogP contribution in [0.1, 0.15) is 24.2 Å². The molecule has 0 bridgehead atoms. The lowest BCUT2D eigenvalue weighted by molar-refractivity contribution is 0.0539. The van der Waals surface area contributed by atoms with Gasteiger partial charge in [-0.05, 0) is 32.0 Å². The van der Waals surface area contributed by atoms with Gasteiger partial charge in [0, 0.05) is 36.8 Å². The van der Waals surface area contributed by atoms with Crippen molar-refractivity contribution in [3.8, 4) is 0 Å². The molecule has 1 aromatic rings. The van der Waals surface area contributed by atoms with E-state index in [1.165, 1.54) is 0 Å². The summed E-state index contributed by atoms with van der Waals surface area (Å²) in [6, 6.07) is 7.05. The quantitative estimate of drug-likeness (QED) is 0.865. The van der Waals surface area contributed by atoms with E-state index in [9.17, 15) is 4.79 Å². The number of nitrogens with zero attached hydrogens (tertiary/aromatic N) is 2. The molecule has 1 saturated heterocycles. The number of thiocarbonyl (C=S) groups is 1. The number of carbonyl (C=O) groups is 1. The van der Waals surface area contributed by atoms with Crippen LogP contribution in [0.15, 0.2) is 24.3 Å². The number of benzene rings is 1. The van der Waals surface area contributed by atoms with E-state index in [1.807, 2.05) is 18.7 Å². The maximum absolute atomic E-state index is 12.4. The van der Waals surface area contributed by atoms with E-state index in [4.69, 9.17) is 29.6 Å². The minimum Gasteiger partial charge on any atom is -0.392 e. The summed E-state index contributed by atoms with van der Waals surface area (Å²) in [7, 11) is 0. The van der Waals surface area contributed by atoms with E-state index in [2.05, 4.69) is 4.90 Å². The first-order valence-electron chi connectivity index (χ1n) is 6.92. The van der Waals surface area contributed by atoms with Gasteiger partial charge in [-0.2, -0.15) is 0 Å². The van der Waals surface area contributed by atoms with Crippen LogP contribution in [0, 0.1) is 0 Å². The van der Waals surface area contributed by atoms with Gasteiger partial charge in [0.05, 0.1) is 10.5 Å². The highest BCUT2D eigenvalue weighted by Crippen LogP contribution is 2.19. The zero-order chi connectivity index (χ0) is 15.6. The maximum atomic E-state index is 12.4. The molecule has 114 valence electrons. The van der Waals surface area contributed by atoms with E-state index in [-0.39, 0.29) is 11.4 Å². The van der Waals surface area contributed by atoms with Gasteiger partial charge >= 0.3 is 0 Å². The molecule has 1 heterocycles. The molecule has 0 atom stereocenters. The van der Waals surface area contributed by atoms with Crippen LogP contribution in [0.5, 0.6) is 0 Å². The van der Waals surface area contributed by atoms with Gasteiger partial charge in [0.15, 0.2) is 0 Å². The van der Waals surface area contributed by atoms with Gasteiger partial charge in [0.1, 0.15) is 0 Å². The third kappa shape index (κ3) is 3.54. The summed E-state index contributed by atoms with van der Waals surface area (Å²) in [6.45, 7) is 6.88. The fourth-order valence-electron chi connectivity index (χ4n) is 2.43. The molecule has 0 aliphatic carbocycles. The topological polar surface area (TPSA) is 49.6 Å². The first-order valence-corrected chi connectivity index (χ1v) is 7.71. The summed E-state index contributed by atoms with van der Waals surface area (Å²) in [5.41, 5.74) is 6.11. The van der Waals surface area contributed by atoms with Crippen molar-refractivity contribution in [2.75, 3.05) is 26.2 Å². The monoisotopic (exact) mass is 325 g/mol. The molecule has 6 heteroatoms. The van der Waals surface area contributed by atoms with Crippen molar-refractivity contribution in [3.05, 3.63) is 34.9 Å². The third-order valence-electron chi connectivity index (χ3n) is 4.03. The molecule has 2 N–H and O–H groups in total. The zero-order valence-corrected chi connectivity index (χ0v) is 13.9. The van der Waals surface area contributed by atoms with Crippen molar-refractivity contribution in [1.82, 2.24) is 9.80 Å². The molecule has 0 saturated carbocycles. The van der Waals surface area contributed by atoms with Crippen LogP contribution in [0.4, 0.5) is 0 Å². The summed E-state index contributed by atoms with van der Waals surface area (Å²) in [5, 5.41) is 0.578. The van der Waals surface area contributed by atoms with E-state index in [0.717, 1.165) is 13.1 Å². The second-order valence-electron chi connectivity index (χ2n) is 5.71. The Bertz CT molecular complexity index is 554. The molecule has 1 aliphatic rings. The Kier molecular flexibility index (Phi) is 4.86. The van der Waals surface area contributed by atoms with Crippen LogP contribution >= 0.6 is 23.8 Å². The maximum Gasteiger partial charge on any atom is 0.253 e. The molecule has 0 unspecified atom stereocenters. The van der Waals surface area contributed by atoms with Crippen LogP contribution in [0.25, 0.3) is 0 Å². The number of hydrogen-bond acceptors (Lipinski definition) is 3. The number of piperazine rings is 1. The highest BCUT2D eigenvalue weighted by molar-refractivity contribution is 7.80. The Labute approximate surface area is 135 Å². The number of amides is 1. The van der Waals surface area contributed by atoms with Gasteiger partial charge in [-0.3, -0.25) is 9.69 Å². The van der Waals surface area contributed by atoms with Crippen molar-refractivity contribution in [2.45, 2.75) is 19.4 Å². The SMILES string of the molecule is CC(C)(C(N)=S)N1CCN(C(=O)c2cccc(Cl)c2)CC1. The zero-order valence-electron chi connectivity index (χ0n) is 12.3. The number of hydrogen-bond donors (Lipinski definition) is 1. The summed E-state index contributed by atoms with van der Waals surface area (Å²) in [5.74, 6) is 0.0188. The summed E-state index contributed by atoms with van der Waals surface area (Å²) >= 11 is 11.1. The molecule has 21 heavy (non-hydrogen) atoms. The van der Waals surface area contributed by atoms with E-state index in [0.29, 0.717) is 28.7 Å². The van der Waals surface area contributed by atoms with Crippen LogP contribution in [0.2, 0.25) is 5.02 Å². The average Bonchev–Trinajstić information content (AvgIpc) is 2.46. The molecule has 2 rings (SSSR count). The smallest absolute Gasteiger partial charge is 0.253 e. The third-order valence-corrected chi connectivity index (χ3v) is 4.77. The van der Waals surface area contributed by atoms with E-state index >= 15 is 0 Å². The van der Waals surface area contributed by atoms with Crippen LogP contribution in [-0.2, 0) is 0 Å². The molecule has 0 spiro atoms. The molecule has 4 nitrogen and oxygen atoms in total. The molecule has 0 aromatic heterocycles. The fraction of sp³-hybridized carbons (Fsp3) is 0.467. The Balaban J connectivity index is 2.01. The van der Waals surface area contributed by atoms with Gasteiger partial charge in [-0.1, -0.05) is 29.9 Å². The summed E-state index contributed by atoms with van der Waals surface area (Å²) in [6.07, 6.45) is 0. The van der Waals surface area contributed by atoms with Gasteiger partial charge in [0.2, 0.25) is 0 Å². The molecular formula is C15H20ClN3OS. The number of carbonyl (C=O) groups excluding carboxylic acids is 1. The largest absolute Gasteiger partial charge is 0.392 e. The lowest BCUT2D eigenvalue weighted by Crippen LogP contribution is -2.59. The minimum absolute atomic E-state index is 0.0188. The predicted molar refractivity (Wildman–Crippen MR) is 89.8 cm³/mol. The average molecular weight is 326 g/mol. The van der Waals surface area contributed by atoms with Crippen molar-refractivity contribution in [3.63, 3.8) is 0 Å². The Morgan fingerprint density at radius 2 is 1.90 bits per heavy atom. The standard InChI is InChI=1S/C15H20ClN3OS/c1-15(2,14(17)21)19-8-6-18(7-9-19)13(20)11-4-3-5-12(16)10-11/h3-5,10H,6-9H2,1-2H3,(H2,17,21). The highest BCUT2D eigenvalue weighted by atomic mass is 35.5. The van der Waals surface area contributed by atoms with E-state index < -0.39 is 0 Å². The molecule has 0 radical (unpaired) electrons. The molecule has 1 fully saturated rings. The van der Waals surface area contributed by atoms with Crippen LogP contribution in [-0.4, -0.2) is 52.4 Å². The fourth-order valence-corrected chi connectivity index (χ4v) is 2.75. The lowest BCUT2D eigenvalue weighted by atomic mass is 10.0. The Hall–Kier alpha value is -1.17. The van der Waals surface area contributed by atoms with Gasteiger partial charge in [0.25, 0.3) is 5.91 Å². The first-order chi connectivity index (χ1) is 9.82. The van der Waals surface area contributed by atoms with Crippen molar-refractivity contribution >= 4 is 34.7 Å². The van der Waals surface area contributed by atoms with Crippen LogP contribution < -0.4 is 5.73 Å². The van der Waals surface area contributed by atoms with Gasteiger partial charge in [-0.25, -0.2) is 0 Å². The van der Waals surface area contributed by atoms with Crippen molar-refractivity contribution in [2.24, 2.45) is 5.73 Å². The summed E-state index contributed by atoms with van der Waals surface area (Å²) in [4.78, 5) is 17.0. The number of rotatable bonds is 3. The van der Waals surface area contributed by atoms with Crippen molar-refractivity contribution < 1.29 is 4.79 Å². The highest BCUT2D eigenvalue weighted by Gasteiger charge is 2.33. The second kappa shape index (κ2) is 6.30. The van der Waals surface area contributed by atoms with E-state index in [1.54, 1.807) is 24.3 Å². The predicted octanol–water partition coefficient (Wildman–Crippen LogP) is 2.16.